The lowest BCUT2D eigenvalue weighted by atomic mass is 9.98. The summed E-state index contributed by atoms with van der Waals surface area (Å²) < 4.78 is 41.3. The highest BCUT2D eigenvalue weighted by Gasteiger charge is 2.44. The van der Waals surface area contributed by atoms with Crippen LogP contribution in [-0.2, 0) is 0 Å². The van der Waals surface area contributed by atoms with Crippen molar-refractivity contribution in [3.63, 3.8) is 0 Å². The van der Waals surface area contributed by atoms with E-state index in [9.17, 15) is 13.2 Å². The van der Waals surface area contributed by atoms with Gasteiger partial charge in [0, 0.05) is 31.2 Å². The van der Waals surface area contributed by atoms with Gasteiger partial charge < -0.3 is 10.4 Å². The maximum Gasteiger partial charge on any atom is 0.289 e. The number of aliphatic hydroxyl groups is 1. The first-order valence-electron chi connectivity index (χ1n) is 6.34. The lowest BCUT2D eigenvalue weighted by Crippen LogP contribution is -2.51. The molecule has 0 aliphatic carbocycles. The smallest absolute Gasteiger partial charge is 0.289 e. The van der Waals surface area contributed by atoms with E-state index in [-0.39, 0.29) is 23.0 Å². The first-order valence-corrected chi connectivity index (χ1v) is 6.72. The number of hydrogen-bond acceptors (Lipinski definition) is 3. The van der Waals surface area contributed by atoms with Gasteiger partial charge in [0.1, 0.15) is 18.5 Å². The minimum atomic E-state index is -3.35. The van der Waals surface area contributed by atoms with E-state index in [1.165, 1.54) is 6.07 Å². The zero-order chi connectivity index (χ0) is 14.8. The molecule has 0 spiro atoms. The van der Waals surface area contributed by atoms with E-state index in [0.717, 1.165) is 12.1 Å². The minimum absolute atomic E-state index is 0. The summed E-state index contributed by atoms with van der Waals surface area (Å²) in [6.45, 7) is 0.699. The predicted molar refractivity (Wildman–Crippen MR) is 77.9 cm³/mol. The summed E-state index contributed by atoms with van der Waals surface area (Å²) in [4.78, 5) is 1.56. The molecule has 0 bridgehead atoms. The van der Waals surface area contributed by atoms with Gasteiger partial charge in [-0.15, -0.1) is 12.4 Å². The van der Waals surface area contributed by atoms with E-state index in [1.54, 1.807) is 4.90 Å². The van der Waals surface area contributed by atoms with Crippen LogP contribution in [0.3, 0.4) is 0 Å². The van der Waals surface area contributed by atoms with Gasteiger partial charge in [-0.1, -0.05) is 17.7 Å². The molecule has 3 nitrogen and oxygen atoms in total. The van der Waals surface area contributed by atoms with Crippen molar-refractivity contribution in [2.24, 2.45) is 0 Å². The molecule has 2 N–H and O–H groups in total. The number of aliphatic hydroxyl groups excluding tert-OH is 1. The maximum atomic E-state index is 14.1. The number of hydrogen-bond donors (Lipinski definition) is 2. The van der Waals surface area contributed by atoms with Gasteiger partial charge in [0.05, 0.1) is 0 Å². The summed E-state index contributed by atoms with van der Waals surface area (Å²) in [5, 5.41) is 12.0. The highest BCUT2D eigenvalue weighted by atomic mass is 35.5. The molecule has 1 aliphatic heterocycles. The van der Waals surface area contributed by atoms with Crippen LogP contribution in [0, 0.1) is 5.82 Å². The Morgan fingerprint density at radius 3 is 2.48 bits per heavy atom. The van der Waals surface area contributed by atoms with Crippen LogP contribution in [0.25, 0.3) is 0 Å². The number of benzene rings is 1. The number of alkyl halides is 2. The fourth-order valence-corrected chi connectivity index (χ4v) is 2.71. The summed E-state index contributed by atoms with van der Waals surface area (Å²) in [5.74, 6) is -3.93. The second kappa shape index (κ2) is 7.65. The number of nitrogens with zero attached hydrogens (tertiary/aromatic N) is 1. The van der Waals surface area contributed by atoms with Crippen molar-refractivity contribution in [2.45, 2.75) is 12.0 Å². The molecule has 8 heteroatoms. The molecule has 0 amide bonds. The molecule has 1 atom stereocenters. The van der Waals surface area contributed by atoms with Crippen molar-refractivity contribution >= 4 is 24.0 Å². The second-order valence-electron chi connectivity index (χ2n) is 4.77. The Hall–Kier alpha value is -0.530. The van der Waals surface area contributed by atoms with Gasteiger partial charge in [-0.2, -0.15) is 0 Å². The molecule has 1 aromatic rings. The molecule has 2 rings (SSSR count). The normalized spacial score (nSPS) is 18.1. The SMILES string of the molecule is Cl.OCC(F)(F)[C@H](c1ccc(F)cc1Cl)N1CCNCC1. The van der Waals surface area contributed by atoms with Crippen LogP contribution in [0.5, 0.6) is 0 Å². The second-order valence-corrected chi connectivity index (χ2v) is 5.18. The maximum absolute atomic E-state index is 14.1. The summed E-state index contributed by atoms with van der Waals surface area (Å²) in [5.41, 5.74) is 0.133. The molecule has 1 saturated heterocycles. The Bertz CT molecular complexity index is 471. The molecule has 0 saturated carbocycles. The van der Waals surface area contributed by atoms with Crippen LogP contribution in [0.1, 0.15) is 11.6 Å². The minimum Gasteiger partial charge on any atom is -0.390 e. The lowest BCUT2D eigenvalue weighted by molar-refractivity contribution is -0.118. The van der Waals surface area contributed by atoms with Crippen LogP contribution in [0.4, 0.5) is 13.2 Å². The number of halogens is 5. The lowest BCUT2D eigenvalue weighted by Gasteiger charge is -2.39. The van der Waals surface area contributed by atoms with Crippen molar-refractivity contribution < 1.29 is 18.3 Å². The van der Waals surface area contributed by atoms with E-state index < -0.39 is 24.4 Å². The molecule has 120 valence electrons. The Labute approximate surface area is 132 Å². The van der Waals surface area contributed by atoms with Crippen molar-refractivity contribution in [2.75, 3.05) is 32.8 Å². The molecular weight excluding hydrogens is 328 g/mol. The average molecular weight is 345 g/mol. The third kappa shape index (κ3) is 4.23. The molecule has 1 aromatic carbocycles. The van der Waals surface area contributed by atoms with Crippen LogP contribution in [-0.4, -0.2) is 48.7 Å². The topological polar surface area (TPSA) is 35.5 Å². The zero-order valence-corrected chi connectivity index (χ0v) is 12.7. The van der Waals surface area contributed by atoms with Crippen LogP contribution < -0.4 is 5.32 Å². The molecular formula is C13H17Cl2F3N2O. The molecule has 21 heavy (non-hydrogen) atoms. The van der Waals surface area contributed by atoms with Gasteiger partial charge in [0.25, 0.3) is 5.92 Å². The van der Waals surface area contributed by atoms with Crippen molar-refractivity contribution in [1.82, 2.24) is 10.2 Å². The zero-order valence-electron chi connectivity index (χ0n) is 11.2. The van der Waals surface area contributed by atoms with Crippen LogP contribution in [0.15, 0.2) is 18.2 Å². The highest BCUT2D eigenvalue weighted by Crippen LogP contribution is 2.39. The third-order valence-corrected chi connectivity index (χ3v) is 3.71. The van der Waals surface area contributed by atoms with E-state index in [2.05, 4.69) is 5.32 Å². The standard InChI is InChI=1S/C13H16ClF3N2O.ClH/c14-11-7-9(15)1-2-10(11)12(13(16,17)8-20)19-5-3-18-4-6-19;/h1-2,7,12,18,20H,3-6,8H2;1H/t12-;/m0./s1. The molecule has 1 heterocycles. The van der Waals surface area contributed by atoms with Gasteiger partial charge in [-0.25, -0.2) is 13.2 Å². The quantitative estimate of drug-likeness (QED) is 0.880. The molecule has 1 aliphatic rings. The molecule has 1 fully saturated rings. The summed E-state index contributed by atoms with van der Waals surface area (Å²) in [6.07, 6.45) is 0. The highest BCUT2D eigenvalue weighted by molar-refractivity contribution is 6.31. The van der Waals surface area contributed by atoms with Crippen LogP contribution >= 0.6 is 24.0 Å². The van der Waals surface area contributed by atoms with Gasteiger partial charge in [-0.3, -0.25) is 4.90 Å². The fourth-order valence-electron chi connectivity index (χ4n) is 2.44. The first-order chi connectivity index (χ1) is 9.45. The van der Waals surface area contributed by atoms with E-state index in [0.29, 0.717) is 26.2 Å². The summed E-state index contributed by atoms with van der Waals surface area (Å²) in [7, 11) is 0. The Morgan fingerprint density at radius 1 is 1.33 bits per heavy atom. The number of piperazine rings is 1. The third-order valence-electron chi connectivity index (χ3n) is 3.38. The van der Waals surface area contributed by atoms with Gasteiger partial charge >= 0.3 is 0 Å². The van der Waals surface area contributed by atoms with Gasteiger partial charge in [-0.05, 0) is 17.7 Å². The Kier molecular flexibility index (Phi) is 6.74. The Morgan fingerprint density at radius 2 is 1.95 bits per heavy atom. The van der Waals surface area contributed by atoms with E-state index in [4.69, 9.17) is 16.7 Å². The number of rotatable bonds is 4. The first kappa shape index (κ1) is 18.5. The predicted octanol–water partition coefficient (Wildman–Crippen LogP) is 2.47. The molecule has 0 unspecified atom stereocenters. The molecule has 0 radical (unpaired) electrons. The number of nitrogens with one attached hydrogen (secondary N) is 1. The van der Waals surface area contributed by atoms with Gasteiger partial charge in [0.15, 0.2) is 0 Å². The van der Waals surface area contributed by atoms with Crippen molar-refractivity contribution in [1.29, 1.82) is 0 Å². The van der Waals surface area contributed by atoms with Crippen molar-refractivity contribution in [3.8, 4) is 0 Å². The monoisotopic (exact) mass is 344 g/mol. The molecule has 0 aromatic heterocycles. The van der Waals surface area contributed by atoms with Gasteiger partial charge in [0.2, 0.25) is 0 Å². The average Bonchev–Trinajstić information content (AvgIpc) is 2.43. The van der Waals surface area contributed by atoms with E-state index >= 15 is 0 Å². The summed E-state index contributed by atoms with van der Waals surface area (Å²) in [6, 6.07) is 2.01. The van der Waals surface area contributed by atoms with E-state index in [1.807, 2.05) is 0 Å². The largest absolute Gasteiger partial charge is 0.390 e. The van der Waals surface area contributed by atoms with Crippen molar-refractivity contribution in [3.05, 3.63) is 34.6 Å². The summed E-state index contributed by atoms with van der Waals surface area (Å²) >= 11 is 5.91. The fraction of sp³-hybridized carbons (Fsp3) is 0.538. The van der Waals surface area contributed by atoms with Crippen LogP contribution in [0.2, 0.25) is 5.02 Å². The Balaban J connectivity index is 0.00000220.